The van der Waals surface area contributed by atoms with Crippen molar-refractivity contribution < 1.29 is 33.0 Å². The maximum atomic E-state index is 15.2. The minimum Gasteiger partial charge on any atom is -0.386 e. The van der Waals surface area contributed by atoms with Gasteiger partial charge < -0.3 is 20.5 Å². The van der Waals surface area contributed by atoms with E-state index in [4.69, 9.17) is 16.3 Å². The number of hydrogen-bond acceptors (Lipinski definition) is 6. The highest BCUT2D eigenvalue weighted by Gasteiger charge is 2.51. The lowest BCUT2D eigenvalue weighted by molar-refractivity contribution is -0.173. The van der Waals surface area contributed by atoms with Gasteiger partial charge in [-0.3, -0.25) is 19.3 Å². The second kappa shape index (κ2) is 16.8. The number of carbonyl (C=O) groups is 3. The highest BCUT2D eigenvalue weighted by atomic mass is 35.5. The third-order valence-corrected chi connectivity index (χ3v) is 7.96. The van der Waals surface area contributed by atoms with Crippen molar-refractivity contribution in [3.8, 4) is 0 Å². The predicted molar refractivity (Wildman–Crippen MR) is 161 cm³/mol. The molecule has 0 unspecified atom stereocenters. The van der Waals surface area contributed by atoms with Crippen molar-refractivity contribution in [3.63, 3.8) is 0 Å². The number of nitrogens with one attached hydrogen (secondary N) is 2. The molecule has 2 aromatic carbocycles. The Morgan fingerprint density at radius 3 is 2.37 bits per heavy atom. The molecular formula is C32H42ClF2N3O5. The molecule has 1 fully saturated rings. The van der Waals surface area contributed by atoms with E-state index < -0.39 is 48.0 Å². The van der Waals surface area contributed by atoms with E-state index in [-0.39, 0.29) is 25.3 Å². The number of ketones is 1. The third-order valence-electron chi connectivity index (χ3n) is 7.73. The van der Waals surface area contributed by atoms with Crippen molar-refractivity contribution in [1.29, 1.82) is 0 Å². The van der Waals surface area contributed by atoms with Crippen LogP contribution in [0.15, 0.2) is 54.6 Å². The molecule has 1 saturated heterocycles. The molecule has 3 N–H and O–H groups in total. The molecule has 1 heterocycles. The molecule has 0 aliphatic carbocycles. The number of aryl methyl sites for hydroxylation is 1. The molecule has 2 amide bonds. The smallest absolute Gasteiger partial charge is 0.349 e. The van der Waals surface area contributed by atoms with Gasteiger partial charge >= 0.3 is 5.92 Å². The van der Waals surface area contributed by atoms with Gasteiger partial charge in [-0.05, 0) is 42.0 Å². The average Bonchev–Trinajstić information content (AvgIpc) is 2.99. The third kappa shape index (κ3) is 10.9. The number of aliphatic hydroxyl groups is 1. The van der Waals surface area contributed by atoms with Gasteiger partial charge in [0.05, 0.1) is 19.3 Å². The molecule has 0 radical (unpaired) electrons. The first-order valence-electron chi connectivity index (χ1n) is 14.7. The van der Waals surface area contributed by atoms with Gasteiger partial charge in [0.15, 0.2) is 5.78 Å². The molecular weight excluding hydrogens is 580 g/mol. The number of halogens is 3. The quantitative estimate of drug-likeness (QED) is 0.264. The van der Waals surface area contributed by atoms with Crippen LogP contribution in [0.25, 0.3) is 0 Å². The van der Waals surface area contributed by atoms with Crippen LogP contribution < -0.4 is 10.6 Å². The average molecular weight is 622 g/mol. The summed E-state index contributed by atoms with van der Waals surface area (Å²) in [6, 6.07) is 15.2. The molecule has 2 aromatic rings. The number of ether oxygens (including phenoxy) is 1. The van der Waals surface area contributed by atoms with E-state index >= 15 is 8.78 Å². The van der Waals surface area contributed by atoms with Crippen LogP contribution >= 0.6 is 11.6 Å². The van der Waals surface area contributed by atoms with Crippen molar-refractivity contribution in [2.45, 2.75) is 57.6 Å². The summed E-state index contributed by atoms with van der Waals surface area (Å²) in [4.78, 5) is 40.9. The summed E-state index contributed by atoms with van der Waals surface area (Å²) < 4.78 is 35.7. The minimum atomic E-state index is -4.12. The Balaban J connectivity index is 1.66. The molecule has 0 spiro atoms. The second-order valence-electron chi connectivity index (χ2n) is 11.3. The monoisotopic (exact) mass is 621 g/mol. The highest BCUT2D eigenvalue weighted by Crippen LogP contribution is 2.32. The first-order valence-corrected chi connectivity index (χ1v) is 15.1. The molecule has 8 nitrogen and oxygen atoms in total. The summed E-state index contributed by atoms with van der Waals surface area (Å²) in [6.07, 6.45) is -2.18. The first-order chi connectivity index (χ1) is 20.5. The molecule has 0 aromatic heterocycles. The van der Waals surface area contributed by atoms with Gasteiger partial charge in [0.1, 0.15) is 6.10 Å². The van der Waals surface area contributed by atoms with Crippen LogP contribution in [0.4, 0.5) is 8.78 Å². The largest absolute Gasteiger partial charge is 0.386 e. The first kappa shape index (κ1) is 34.6. The summed E-state index contributed by atoms with van der Waals surface area (Å²) in [5.74, 6) is -8.35. The molecule has 43 heavy (non-hydrogen) atoms. The van der Waals surface area contributed by atoms with E-state index in [1.807, 2.05) is 29.2 Å². The Morgan fingerprint density at radius 2 is 1.72 bits per heavy atom. The van der Waals surface area contributed by atoms with Gasteiger partial charge in [-0.1, -0.05) is 67.9 Å². The molecule has 3 rings (SSSR count). The Bertz CT molecular complexity index is 1190. The van der Waals surface area contributed by atoms with Gasteiger partial charge in [0.25, 0.3) is 5.91 Å². The number of hydrogen-bond donors (Lipinski definition) is 3. The molecule has 236 valence electrons. The second-order valence-corrected chi connectivity index (χ2v) is 11.7. The van der Waals surface area contributed by atoms with Crippen molar-refractivity contribution in [1.82, 2.24) is 15.5 Å². The fourth-order valence-corrected chi connectivity index (χ4v) is 5.28. The zero-order chi connectivity index (χ0) is 31.4. The van der Waals surface area contributed by atoms with Crippen molar-refractivity contribution in [3.05, 3.63) is 70.7 Å². The number of morpholine rings is 1. The molecule has 0 saturated carbocycles. The van der Waals surface area contributed by atoms with E-state index in [9.17, 15) is 19.5 Å². The highest BCUT2D eigenvalue weighted by molar-refractivity contribution is 6.30. The fraction of sp³-hybridized carbons (Fsp3) is 0.531. The minimum absolute atomic E-state index is 0.00716. The molecule has 1 aliphatic rings. The van der Waals surface area contributed by atoms with Gasteiger partial charge in [0, 0.05) is 50.0 Å². The fourth-order valence-electron chi connectivity index (χ4n) is 5.07. The summed E-state index contributed by atoms with van der Waals surface area (Å²) >= 11 is 6.03. The zero-order valence-corrected chi connectivity index (χ0v) is 25.5. The van der Waals surface area contributed by atoms with E-state index in [0.29, 0.717) is 44.3 Å². The Kier molecular flexibility index (Phi) is 13.5. The van der Waals surface area contributed by atoms with Gasteiger partial charge in [-0.2, -0.15) is 8.78 Å². The lowest BCUT2D eigenvalue weighted by Gasteiger charge is -2.32. The number of aliphatic hydroxyl groups excluding tert-OH is 1. The lowest BCUT2D eigenvalue weighted by atomic mass is 9.81. The number of carbonyl (C=O) groups excluding carboxylic acids is 3. The molecule has 3 atom stereocenters. The normalized spacial score (nSPS) is 16.3. The number of rotatable bonds is 16. The van der Waals surface area contributed by atoms with Crippen LogP contribution in [0.1, 0.15) is 37.8 Å². The van der Waals surface area contributed by atoms with Gasteiger partial charge in [-0.25, -0.2) is 0 Å². The summed E-state index contributed by atoms with van der Waals surface area (Å²) in [5, 5.41) is 16.3. The van der Waals surface area contributed by atoms with Crippen LogP contribution in [0.2, 0.25) is 5.02 Å². The van der Waals surface area contributed by atoms with Crippen LogP contribution in [-0.2, 0) is 32.0 Å². The zero-order valence-electron chi connectivity index (χ0n) is 24.7. The Labute approximate surface area is 257 Å². The summed E-state index contributed by atoms with van der Waals surface area (Å²) in [5.41, 5.74) is 1.64. The number of amides is 2. The van der Waals surface area contributed by atoms with E-state index in [0.717, 1.165) is 11.1 Å². The van der Waals surface area contributed by atoms with E-state index in [1.54, 1.807) is 44.2 Å². The van der Waals surface area contributed by atoms with Crippen LogP contribution in [0.3, 0.4) is 0 Å². The van der Waals surface area contributed by atoms with Crippen molar-refractivity contribution >= 4 is 29.2 Å². The van der Waals surface area contributed by atoms with Crippen molar-refractivity contribution in [2.75, 3.05) is 39.4 Å². The summed E-state index contributed by atoms with van der Waals surface area (Å²) in [7, 11) is 0. The van der Waals surface area contributed by atoms with Gasteiger partial charge in [0.2, 0.25) is 5.91 Å². The standard InChI is InChI=1S/C32H42ClF2N3O5/c1-22(2)26(30(41)32(34,35)31(42)36-13-14-38-15-17-43-18-16-38)21-28(39)27(20-23-7-4-3-5-8-23)37-29(40)12-11-24-9-6-10-25(33)19-24/h3-10,19,22,26-27,30,41H,11-18,20-21H2,1-2H3,(H,36,42)(H,37,40)/t26-,27-,30+/m0/s1. The predicted octanol–water partition coefficient (Wildman–Crippen LogP) is 3.68. The Hall–Kier alpha value is -2.92. The molecule has 0 bridgehead atoms. The summed E-state index contributed by atoms with van der Waals surface area (Å²) in [6.45, 7) is 5.98. The molecule has 1 aliphatic heterocycles. The maximum Gasteiger partial charge on any atom is 0.349 e. The lowest BCUT2D eigenvalue weighted by Crippen LogP contribution is -2.54. The van der Waals surface area contributed by atoms with Crippen LogP contribution in [-0.4, -0.2) is 85.1 Å². The van der Waals surface area contributed by atoms with Crippen molar-refractivity contribution in [2.24, 2.45) is 11.8 Å². The van der Waals surface area contributed by atoms with Crippen LogP contribution in [0.5, 0.6) is 0 Å². The van der Waals surface area contributed by atoms with E-state index in [1.165, 1.54) is 0 Å². The van der Waals surface area contributed by atoms with E-state index in [2.05, 4.69) is 10.6 Å². The van der Waals surface area contributed by atoms with Gasteiger partial charge in [-0.15, -0.1) is 0 Å². The maximum absolute atomic E-state index is 15.2. The SMILES string of the molecule is CC(C)[C@H](CC(=O)[C@H](Cc1ccccc1)NC(=O)CCc1cccc(Cl)c1)[C@@H](O)C(F)(F)C(=O)NCCN1CCOCC1. The molecule has 11 heteroatoms. The number of Topliss-reactive ketones (excluding diaryl/α,β-unsaturated/α-hetero) is 1. The number of alkyl halides is 2. The van der Waals surface area contributed by atoms with Crippen LogP contribution in [0, 0.1) is 11.8 Å². The number of nitrogens with zero attached hydrogens (tertiary/aromatic N) is 1. The number of benzene rings is 2. The topological polar surface area (TPSA) is 108 Å². The Morgan fingerprint density at radius 1 is 1.05 bits per heavy atom.